The van der Waals surface area contributed by atoms with Crippen molar-refractivity contribution in [2.75, 3.05) is 32.4 Å². The van der Waals surface area contributed by atoms with E-state index in [4.69, 9.17) is 19.9 Å². The number of nitrogens with zero attached hydrogens (tertiary/aromatic N) is 3. The Bertz CT molecular complexity index is 878. The summed E-state index contributed by atoms with van der Waals surface area (Å²) < 4.78 is 16.0. The largest absolute Gasteiger partial charge is 0.493 e. The van der Waals surface area contributed by atoms with Crippen molar-refractivity contribution in [3.63, 3.8) is 0 Å². The van der Waals surface area contributed by atoms with Gasteiger partial charge in [0.2, 0.25) is 17.6 Å². The lowest BCUT2D eigenvalue weighted by Crippen LogP contribution is -2.05. The number of nitrogen functional groups attached to an aromatic ring is 1. The number of methoxy groups -OCH3 is 3. The van der Waals surface area contributed by atoms with Gasteiger partial charge in [0.15, 0.2) is 17.3 Å². The normalized spacial score (nSPS) is 10.3. The van der Waals surface area contributed by atoms with Gasteiger partial charge in [0.05, 0.1) is 21.3 Å². The average molecular weight is 353 g/mol. The summed E-state index contributed by atoms with van der Waals surface area (Å²) in [4.78, 5) is 12.8. The van der Waals surface area contributed by atoms with Gasteiger partial charge in [-0.25, -0.2) is 0 Å². The van der Waals surface area contributed by atoms with Crippen LogP contribution in [0.5, 0.6) is 17.2 Å². The van der Waals surface area contributed by atoms with Crippen molar-refractivity contribution in [1.82, 2.24) is 15.0 Å². The van der Waals surface area contributed by atoms with Crippen LogP contribution < -0.4 is 25.3 Å². The summed E-state index contributed by atoms with van der Waals surface area (Å²) >= 11 is 0. The molecule has 8 heteroatoms. The Hall–Kier alpha value is -3.55. The summed E-state index contributed by atoms with van der Waals surface area (Å²) in [7, 11) is 4.65. The summed E-state index contributed by atoms with van der Waals surface area (Å²) in [6, 6.07) is 13.0. The summed E-state index contributed by atoms with van der Waals surface area (Å²) in [5.41, 5.74) is 7.34. The van der Waals surface area contributed by atoms with Crippen molar-refractivity contribution in [2.24, 2.45) is 0 Å². The Kier molecular flexibility index (Phi) is 5.02. The molecule has 0 unspecified atom stereocenters. The third-order valence-corrected chi connectivity index (χ3v) is 3.61. The van der Waals surface area contributed by atoms with Crippen LogP contribution >= 0.6 is 0 Å². The van der Waals surface area contributed by atoms with Crippen LogP contribution in [-0.2, 0) is 0 Å². The Morgan fingerprint density at radius 3 is 2.08 bits per heavy atom. The molecule has 0 fully saturated rings. The standard InChI is InChI=1S/C18H19N5O3/c1-24-13-9-12(10-14(25-2)15(13)26-3)20-18-22-16(21-17(19)23-18)11-7-5-4-6-8-11/h4-10H,1-3H3,(H3,19,20,21,22,23). The van der Waals surface area contributed by atoms with Crippen molar-refractivity contribution < 1.29 is 14.2 Å². The fraction of sp³-hybridized carbons (Fsp3) is 0.167. The molecule has 8 nitrogen and oxygen atoms in total. The highest BCUT2D eigenvalue weighted by molar-refractivity contribution is 5.67. The van der Waals surface area contributed by atoms with E-state index in [2.05, 4.69) is 20.3 Å². The van der Waals surface area contributed by atoms with Gasteiger partial charge in [0.1, 0.15) is 0 Å². The molecule has 1 heterocycles. The molecule has 0 spiro atoms. The van der Waals surface area contributed by atoms with E-state index < -0.39 is 0 Å². The zero-order valence-corrected chi connectivity index (χ0v) is 14.7. The first-order valence-corrected chi connectivity index (χ1v) is 7.78. The fourth-order valence-corrected chi connectivity index (χ4v) is 2.45. The van der Waals surface area contributed by atoms with E-state index in [1.165, 1.54) is 0 Å². The van der Waals surface area contributed by atoms with E-state index in [0.717, 1.165) is 5.56 Å². The molecule has 0 aliphatic rings. The number of anilines is 3. The van der Waals surface area contributed by atoms with E-state index in [0.29, 0.717) is 34.7 Å². The van der Waals surface area contributed by atoms with Gasteiger partial charge >= 0.3 is 0 Å². The van der Waals surface area contributed by atoms with Crippen LogP contribution in [0.2, 0.25) is 0 Å². The number of rotatable bonds is 6. The molecule has 26 heavy (non-hydrogen) atoms. The first-order chi connectivity index (χ1) is 12.6. The Labute approximate surface area is 151 Å². The zero-order chi connectivity index (χ0) is 18.5. The Morgan fingerprint density at radius 2 is 1.50 bits per heavy atom. The van der Waals surface area contributed by atoms with Crippen molar-refractivity contribution in [3.05, 3.63) is 42.5 Å². The minimum absolute atomic E-state index is 0.119. The van der Waals surface area contributed by atoms with Crippen LogP contribution in [0.3, 0.4) is 0 Å². The van der Waals surface area contributed by atoms with Gasteiger partial charge in [-0.1, -0.05) is 30.3 Å². The highest BCUT2D eigenvalue weighted by Crippen LogP contribution is 2.40. The lowest BCUT2D eigenvalue weighted by molar-refractivity contribution is 0.324. The lowest BCUT2D eigenvalue weighted by Gasteiger charge is -2.14. The van der Waals surface area contributed by atoms with E-state index >= 15 is 0 Å². The first-order valence-electron chi connectivity index (χ1n) is 7.78. The molecule has 0 amide bonds. The molecule has 134 valence electrons. The Morgan fingerprint density at radius 1 is 0.846 bits per heavy atom. The van der Waals surface area contributed by atoms with Crippen LogP contribution in [-0.4, -0.2) is 36.3 Å². The summed E-state index contributed by atoms with van der Waals surface area (Å²) in [5, 5.41) is 3.10. The van der Waals surface area contributed by atoms with Crippen LogP contribution in [0.4, 0.5) is 17.6 Å². The number of benzene rings is 2. The average Bonchev–Trinajstić information content (AvgIpc) is 2.67. The third kappa shape index (κ3) is 3.59. The molecule has 2 aromatic carbocycles. The Balaban J connectivity index is 1.98. The van der Waals surface area contributed by atoms with Gasteiger partial charge in [0, 0.05) is 23.4 Å². The molecule has 0 radical (unpaired) electrons. The number of ether oxygens (including phenoxy) is 3. The SMILES string of the molecule is COc1cc(Nc2nc(N)nc(-c3ccccc3)n2)cc(OC)c1OC. The molecular formula is C18H19N5O3. The minimum Gasteiger partial charge on any atom is -0.493 e. The second kappa shape index (κ2) is 7.56. The van der Waals surface area contributed by atoms with Crippen molar-refractivity contribution in [1.29, 1.82) is 0 Å². The van der Waals surface area contributed by atoms with Gasteiger partial charge in [-0.05, 0) is 0 Å². The molecule has 3 rings (SSSR count). The monoisotopic (exact) mass is 353 g/mol. The highest BCUT2D eigenvalue weighted by atomic mass is 16.5. The maximum Gasteiger partial charge on any atom is 0.232 e. The number of aromatic nitrogens is 3. The lowest BCUT2D eigenvalue weighted by atomic mass is 10.2. The van der Waals surface area contributed by atoms with E-state index in [9.17, 15) is 0 Å². The predicted molar refractivity (Wildman–Crippen MR) is 99.1 cm³/mol. The summed E-state index contributed by atoms with van der Waals surface area (Å²) in [5.74, 6) is 2.44. The van der Waals surface area contributed by atoms with Gasteiger partial charge in [-0.15, -0.1) is 0 Å². The molecule has 0 aliphatic carbocycles. The van der Waals surface area contributed by atoms with E-state index in [1.54, 1.807) is 33.5 Å². The topological polar surface area (TPSA) is 104 Å². The van der Waals surface area contributed by atoms with E-state index in [1.807, 2.05) is 30.3 Å². The smallest absolute Gasteiger partial charge is 0.232 e. The summed E-state index contributed by atoms with van der Waals surface area (Å²) in [6.07, 6.45) is 0. The molecular weight excluding hydrogens is 334 g/mol. The number of hydrogen-bond donors (Lipinski definition) is 2. The number of nitrogens with one attached hydrogen (secondary N) is 1. The predicted octanol–water partition coefficient (Wildman–Crippen LogP) is 2.89. The van der Waals surface area contributed by atoms with Gasteiger partial charge in [-0.2, -0.15) is 15.0 Å². The van der Waals surface area contributed by atoms with Crippen molar-refractivity contribution in [2.45, 2.75) is 0 Å². The third-order valence-electron chi connectivity index (χ3n) is 3.61. The molecule has 3 N–H and O–H groups in total. The maximum absolute atomic E-state index is 5.84. The van der Waals surface area contributed by atoms with Crippen molar-refractivity contribution in [3.8, 4) is 28.6 Å². The van der Waals surface area contributed by atoms with Gasteiger partial charge in [0.25, 0.3) is 0 Å². The highest BCUT2D eigenvalue weighted by Gasteiger charge is 2.14. The fourth-order valence-electron chi connectivity index (χ4n) is 2.45. The molecule has 0 aliphatic heterocycles. The van der Waals surface area contributed by atoms with E-state index in [-0.39, 0.29) is 5.95 Å². The molecule has 0 bridgehead atoms. The zero-order valence-electron chi connectivity index (χ0n) is 14.7. The first kappa shape index (κ1) is 17.3. The number of hydrogen-bond acceptors (Lipinski definition) is 8. The van der Waals surface area contributed by atoms with Crippen LogP contribution in [0.15, 0.2) is 42.5 Å². The quantitative estimate of drug-likeness (QED) is 0.697. The van der Waals surface area contributed by atoms with Crippen molar-refractivity contribution >= 4 is 17.6 Å². The van der Waals surface area contributed by atoms with Gasteiger partial charge in [-0.3, -0.25) is 0 Å². The van der Waals surface area contributed by atoms with Gasteiger partial charge < -0.3 is 25.3 Å². The second-order valence-corrected chi connectivity index (χ2v) is 5.25. The molecule has 0 saturated carbocycles. The number of nitrogens with two attached hydrogens (primary N) is 1. The second-order valence-electron chi connectivity index (χ2n) is 5.25. The van der Waals surface area contributed by atoms with Crippen LogP contribution in [0.25, 0.3) is 11.4 Å². The van der Waals surface area contributed by atoms with Crippen LogP contribution in [0, 0.1) is 0 Å². The summed E-state index contributed by atoms with van der Waals surface area (Å²) in [6.45, 7) is 0. The van der Waals surface area contributed by atoms with Crippen LogP contribution in [0.1, 0.15) is 0 Å². The molecule has 0 atom stereocenters. The molecule has 0 saturated heterocycles. The maximum atomic E-state index is 5.84. The molecule has 3 aromatic rings. The minimum atomic E-state index is 0.119. The molecule has 1 aromatic heterocycles.